The first-order valence-electron chi connectivity index (χ1n) is 5.72. The summed E-state index contributed by atoms with van der Waals surface area (Å²) in [6.45, 7) is 1.75. The molecule has 1 aliphatic heterocycles. The predicted octanol–water partition coefficient (Wildman–Crippen LogP) is 3.48. The van der Waals surface area contributed by atoms with E-state index in [0.29, 0.717) is 0 Å². The van der Waals surface area contributed by atoms with E-state index < -0.39 is 0 Å². The molecule has 1 unspecified atom stereocenters. The van der Waals surface area contributed by atoms with Crippen LogP contribution in [-0.4, -0.2) is 24.8 Å². The Hall–Kier alpha value is 0.400. The largest absolute Gasteiger partial charge is 0.353 e. The molecule has 0 bridgehead atoms. The highest BCUT2D eigenvalue weighted by Gasteiger charge is 2.12. The van der Waals surface area contributed by atoms with E-state index in [2.05, 4.69) is 15.9 Å². The predicted molar refractivity (Wildman–Crippen MR) is 61.8 cm³/mol. The molecule has 14 heavy (non-hydrogen) atoms. The van der Waals surface area contributed by atoms with Crippen molar-refractivity contribution in [1.82, 2.24) is 0 Å². The van der Waals surface area contributed by atoms with E-state index in [-0.39, 0.29) is 6.29 Å². The van der Waals surface area contributed by atoms with Crippen LogP contribution in [0.4, 0.5) is 0 Å². The first-order chi connectivity index (χ1) is 6.93. The molecule has 2 nitrogen and oxygen atoms in total. The highest BCUT2D eigenvalue weighted by atomic mass is 79.9. The Balaban J connectivity index is 1.82. The maximum Gasteiger partial charge on any atom is 0.157 e. The highest BCUT2D eigenvalue weighted by molar-refractivity contribution is 9.09. The van der Waals surface area contributed by atoms with Gasteiger partial charge in [-0.25, -0.2) is 0 Å². The molecule has 1 saturated heterocycles. The Labute approximate surface area is 95.5 Å². The molecule has 1 atom stereocenters. The molecular formula is C11H21BrO2. The minimum atomic E-state index is 0.0972. The molecule has 3 heteroatoms. The van der Waals surface area contributed by atoms with Gasteiger partial charge >= 0.3 is 0 Å². The van der Waals surface area contributed by atoms with Gasteiger partial charge in [0.25, 0.3) is 0 Å². The smallest absolute Gasteiger partial charge is 0.157 e. The lowest BCUT2D eigenvalue weighted by molar-refractivity contribution is -0.162. The van der Waals surface area contributed by atoms with Crippen molar-refractivity contribution in [3.05, 3.63) is 0 Å². The highest BCUT2D eigenvalue weighted by Crippen LogP contribution is 2.14. The van der Waals surface area contributed by atoms with Gasteiger partial charge in [-0.2, -0.15) is 0 Å². The molecule has 0 aromatic carbocycles. The lowest BCUT2D eigenvalue weighted by Crippen LogP contribution is -2.22. The van der Waals surface area contributed by atoms with Crippen LogP contribution in [0.1, 0.15) is 44.9 Å². The first kappa shape index (κ1) is 12.5. The fourth-order valence-corrected chi connectivity index (χ4v) is 2.00. The summed E-state index contributed by atoms with van der Waals surface area (Å²) in [5.74, 6) is 0. The van der Waals surface area contributed by atoms with E-state index in [9.17, 15) is 0 Å². The number of hydrogen-bond acceptors (Lipinski definition) is 2. The molecule has 0 spiro atoms. The van der Waals surface area contributed by atoms with E-state index in [1.807, 2.05) is 0 Å². The number of ether oxygens (including phenoxy) is 2. The summed E-state index contributed by atoms with van der Waals surface area (Å²) in [6.07, 6.45) is 8.67. The molecule has 84 valence electrons. The molecule has 1 fully saturated rings. The summed E-state index contributed by atoms with van der Waals surface area (Å²) in [5, 5.41) is 1.12. The second-order valence-electron chi connectivity index (χ2n) is 3.77. The van der Waals surface area contributed by atoms with E-state index in [1.165, 1.54) is 38.5 Å². The van der Waals surface area contributed by atoms with Crippen molar-refractivity contribution in [2.24, 2.45) is 0 Å². The Morgan fingerprint density at radius 2 is 2.00 bits per heavy atom. The molecule has 0 amide bonds. The van der Waals surface area contributed by atoms with Crippen LogP contribution in [0.2, 0.25) is 0 Å². The minimum Gasteiger partial charge on any atom is -0.353 e. The third-order valence-electron chi connectivity index (χ3n) is 2.47. The zero-order valence-corrected chi connectivity index (χ0v) is 10.4. The maximum atomic E-state index is 5.63. The van der Waals surface area contributed by atoms with Gasteiger partial charge in [0.05, 0.1) is 0 Å². The Morgan fingerprint density at radius 3 is 2.71 bits per heavy atom. The number of halogens is 1. The SMILES string of the molecule is BrCCCCCCOC1CCCCO1. The van der Waals surface area contributed by atoms with Gasteiger partial charge in [-0.05, 0) is 32.1 Å². The number of rotatable bonds is 7. The van der Waals surface area contributed by atoms with Crippen LogP contribution in [-0.2, 0) is 9.47 Å². The zero-order valence-electron chi connectivity index (χ0n) is 8.84. The van der Waals surface area contributed by atoms with Crippen molar-refractivity contribution in [2.45, 2.75) is 51.2 Å². The van der Waals surface area contributed by atoms with Gasteiger partial charge in [-0.1, -0.05) is 28.8 Å². The fourth-order valence-electron chi connectivity index (χ4n) is 1.61. The van der Waals surface area contributed by atoms with Crippen LogP contribution < -0.4 is 0 Å². The van der Waals surface area contributed by atoms with E-state index in [1.54, 1.807) is 0 Å². The van der Waals surface area contributed by atoms with E-state index in [4.69, 9.17) is 9.47 Å². The average Bonchev–Trinajstić information content (AvgIpc) is 2.25. The monoisotopic (exact) mass is 264 g/mol. The molecular weight excluding hydrogens is 244 g/mol. The van der Waals surface area contributed by atoms with Crippen LogP contribution in [0.25, 0.3) is 0 Å². The standard InChI is InChI=1S/C11H21BrO2/c12-8-4-1-2-5-9-13-11-7-3-6-10-14-11/h11H,1-10H2. The summed E-state index contributed by atoms with van der Waals surface area (Å²) >= 11 is 3.43. The number of unbranched alkanes of at least 4 members (excludes halogenated alkanes) is 3. The third-order valence-corrected chi connectivity index (χ3v) is 3.03. The van der Waals surface area contributed by atoms with Crippen molar-refractivity contribution < 1.29 is 9.47 Å². The van der Waals surface area contributed by atoms with Crippen molar-refractivity contribution >= 4 is 15.9 Å². The molecule has 0 radical (unpaired) electrons. The lowest BCUT2D eigenvalue weighted by Gasteiger charge is -2.22. The minimum absolute atomic E-state index is 0.0972. The molecule has 0 aromatic heterocycles. The molecule has 0 saturated carbocycles. The normalized spacial score (nSPS) is 22.5. The summed E-state index contributed by atoms with van der Waals surface area (Å²) in [7, 11) is 0. The quantitative estimate of drug-likeness (QED) is 0.518. The lowest BCUT2D eigenvalue weighted by atomic mass is 10.2. The fraction of sp³-hybridized carbons (Fsp3) is 1.00. The molecule has 1 heterocycles. The second kappa shape index (κ2) is 8.69. The van der Waals surface area contributed by atoms with Crippen LogP contribution in [0.15, 0.2) is 0 Å². The molecule has 0 aliphatic carbocycles. The number of hydrogen-bond donors (Lipinski definition) is 0. The van der Waals surface area contributed by atoms with Gasteiger partial charge in [0.1, 0.15) is 0 Å². The van der Waals surface area contributed by atoms with Gasteiger partial charge in [0, 0.05) is 18.5 Å². The topological polar surface area (TPSA) is 18.5 Å². The van der Waals surface area contributed by atoms with Gasteiger partial charge in [0.15, 0.2) is 6.29 Å². The van der Waals surface area contributed by atoms with Gasteiger partial charge in [-0.3, -0.25) is 0 Å². The van der Waals surface area contributed by atoms with Crippen molar-refractivity contribution in [1.29, 1.82) is 0 Å². The summed E-state index contributed by atoms with van der Waals surface area (Å²) < 4.78 is 11.1. The molecule has 1 rings (SSSR count). The summed E-state index contributed by atoms with van der Waals surface area (Å²) in [6, 6.07) is 0. The van der Waals surface area contributed by atoms with Crippen molar-refractivity contribution in [2.75, 3.05) is 18.5 Å². The number of alkyl halides is 1. The average molecular weight is 265 g/mol. The van der Waals surface area contributed by atoms with Crippen LogP contribution in [0.3, 0.4) is 0 Å². The zero-order chi connectivity index (χ0) is 10.1. The third kappa shape index (κ3) is 5.99. The van der Waals surface area contributed by atoms with E-state index >= 15 is 0 Å². The summed E-state index contributed by atoms with van der Waals surface area (Å²) in [4.78, 5) is 0. The van der Waals surface area contributed by atoms with Crippen molar-refractivity contribution in [3.63, 3.8) is 0 Å². The Kier molecular flexibility index (Phi) is 7.74. The first-order valence-corrected chi connectivity index (χ1v) is 6.85. The van der Waals surface area contributed by atoms with Crippen LogP contribution in [0.5, 0.6) is 0 Å². The molecule has 1 aliphatic rings. The van der Waals surface area contributed by atoms with Crippen molar-refractivity contribution in [3.8, 4) is 0 Å². The van der Waals surface area contributed by atoms with Gasteiger partial charge in [0.2, 0.25) is 0 Å². The van der Waals surface area contributed by atoms with Crippen LogP contribution >= 0.6 is 15.9 Å². The Bertz CT molecular complexity index is 124. The van der Waals surface area contributed by atoms with E-state index in [0.717, 1.165) is 25.0 Å². The maximum absolute atomic E-state index is 5.63. The van der Waals surface area contributed by atoms with Gasteiger partial charge < -0.3 is 9.47 Å². The van der Waals surface area contributed by atoms with Crippen LogP contribution in [0, 0.1) is 0 Å². The second-order valence-corrected chi connectivity index (χ2v) is 4.56. The Morgan fingerprint density at radius 1 is 1.14 bits per heavy atom. The summed E-state index contributed by atoms with van der Waals surface area (Å²) in [5.41, 5.74) is 0. The van der Waals surface area contributed by atoms with Gasteiger partial charge in [-0.15, -0.1) is 0 Å². The molecule has 0 aromatic rings. The molecule has 0 N–H and O–H groups in total.